The topological polar surface area (TPSA) is 78.7 Å². The Morgan fingerprint density at radius 3 is 2.67 bits per heavy atom. The van der Waals surface area contributed by atoms with Crippen LogP contribution in [0.4, 0.5) is 4.39 Å². The first-order valence-electron chi connectivity index (χ1n) is 10.2. The zero-order valence-corrected chi connectivity index (χ0v) is 17.9. The van der Waals surface area contributed by atoms with E-state index in [4.69, 9.17) is 4.55 Å². The highest BCUT2D eigenvalue weighted by Gasteiger charge is 2.29. The molecule has 1 aromatic carbocycles. The molecule has 4 rings (SSSR count). The highest BCUT2D eigenvalue weighted by Crippen LogP contribution is 2.26. The van der Waals surface area contributed by atoms with Crippen LogP contribution in [0.1, 0.15) is 54.9 Å². The van der Waals surface area contributed by atoms with Crippen LogP contribution in [0, 0.1) is 11.9 Å². The second kappa shape index (κ2) is 11.2. The van der Waals surface area contributed by atoms with E-state index < -0.39 is 11.7 Å². The van der Waals surface area contributed by atoms with E-state index in [1.807, 2.05) is 42.3 Å². The molecule has 1 atom stereocenters. The molecule has 6 nitrogen and oxygen atoms in total. The number of aromatic nitrogens is 2. The summed E-state index contributed by atoms with van der Waals surface area (Å²) < 4.78 is 22.0. The maximum Gasteiger partial charge on any atom is 0.227 e. The fraction of sp³-hybridized carbons (Fsp3) is 0.455. The molecule has 2 aliphatic rings. The Bertz CT molecular complexity index is 859. The third-order valence-electron chi connectivity index (χ3n) is 5.39. The standard InChI is InChI=1S/C16H15FN4O.C6H12OS/c1-11-7-14(15(22)13-8-18-10-19-16(13)17)20-21(11)9-12-5-3-2-4-6-12;7-8-5-6-3-1-2-4-6/h2-6,8,10-11H,7,9H2,1H3;6-7H,1-5H2. The maximum atomic E-state index is 13.6. The van der Waals surface area contributed by atoms with E-state index in [0.717, 1.165) is 35.6 Å². The van der Waals surface area contributed by atoms with Gasteiger partial charge in [0.2, 0.25) is 11.7 Å². The molecule has 1 unspecified atom stereocenters. The zero-order valence-electron chi connectivity index (χ0n) is 17.1. The predicted octanol–water partition coefficient (Wildman–Crippen LogP) is 4.83. The number of carbonyl (C=O) groups is 1. The van der Waals surface area contributed by atoms with Crippen LogP contribution in [0.25, 0.3) is 0 Å². The molecule has 0 bridgehead atoms. The Labute approximate surface area is 180 Å². The van der Waals surface area contributed by atoms with Crippen LogP contribution in [0.3, 0.4) is 0 Å². The third-order valence-corrected chi connectivity index (χ3v) is 6.01. The van der Waals surface area contributed by atoms with E-state index in [9.17, 15) is 9.18 Å². The van der Waals surface area contributed by atoms with Crippen LogP contribution < -0.4 is 0 Å². The Morgan fingerprint density at radius 2 is 2.00 bits per heavy atom. The summed E-state index contributed by atoms with van der Waals surface area (Å²) >= 11 is 0.999. The average molecular weight is 431 g/mol. The summed E-state index contributed by atoms with van der Waals surface area (Å²) in [5.74, 6) is 0.530. The average Bonchev–Trinajstić information content (AvgIpc) is 3.40. The van der Waals surface area contributed by atoms with Gasteiger partial charge in [-0.15, -0.1) is 0 Å². The quantitative estimate of drug-likeness (QED) is 0.402. The molecule has 30 heavy (non-hydrogen) atoms. The first-order chi connectivity index (χ1) is 14.6. The van der Waals surface area contributed by atoms with Gasteiger partial charge in [0.25, 0.3) is 0 Å². The van der Waals surface area contributed by atoms with Crippen molar-refractivity contribution in [2.24, 2.45) is 11.0 Å². The van der Waals surface area contributed by atoms with Crippen LogP contribution in [0.5, 0.6) is 0 Å². The Kier molecular flexibility index (Phi) is 8.33. The van der Waals surface area contributed by atoms with E-state index in [-0.39, 0.29) is 11.6 Å². The highest BCUT2D eigenvalue weighted by molar-refractivity contribution is 7.93. The first kappa shape index (κ1) is 22.4. The van der Waals surface area contributed by atoms with E-state index in [0.29, 0.717) is 18.7 Å². The van der Waals surface area contributed by atoms with Crippen molar-refractivity contribution in [2.45, 2.75) is 51.6 Å². The largest absolute Gasteiger partial charge is 0.330 e. The van der Waals surface area contributed by atoms with Gasteiger partial charge < -0.3 is 4.55 Å². The van der Waals surface area contributed by atoms with E-state index in [1.54, 1.807) is 0 Å². The number of Topliss-reactive ketones (excluding diaryl/α,β-unsaturated/α-hetero) is 1. The summed E-state index contributed by atoms with van der Waals surface area (Å²) in [7, 11) is 0. The number of benzene rings is 1. The van der Waals surface area contributed by atoms with Gasteiger partial charge >= 0.3 is 0 Å². The molecule has 1 aliphatic heterocycles. The number of hydrogen-bond donors (Lipinski definition) is 1. The summed E-state index contributed by atoms with van der Waals surface area (Å²) in [6.45, 7) is 2.61. The molecular formula is C22H27FN4O2S. The van der Waals surface area contributed by atoms with Crippen molar-refractivity contribution in [3.05, 3.63) is 59.9 Å². The van der Waals surface area contributed by atoms with Crippen LogP contribution in [-0.2, 0) is 6.54 Å². The Balaban J connectivity index is 0.000000269. The van der Waals surface area contributed by atoms with Crippen LogP contribution in [-0.4, -0.2) is 42.8 Å². The van der Waals surface area contributed by atoms with Crippen LogP contribution in [0.15, 0.2) is 48.0 Å². The molecule has 1 aliphatic carbocycles. The zero-order chi connectivity index (χ0) is 21.3. The van der Waals surface area contributed by atoms with Gasteiger partial charge in [-0.3, -0.25) is 9.80 Å². The Morgan fingerprint density at radius 1 is 1.27 bits per heavy atom. The minimum Gasteiger partial charge on any atom is -0.330 e. The number of rotatable bonds is 6. The minimum atomic E-state index is -0.808. The molecule has 0 saturated heterocycles. The molecule has 1 fully saturated rings. The third kappa shape index (κ3) is 6.09. The summed E-state index contributed by atoms with van der Waals surface area (Å²) in [4.78, 5) is 19.4. The molecule has 8 heteroatoms. The number of ketones is 1. The van der Waals surface area contributed by atoms with Crippen molar-refractivity contribution in [2.75, 3.05) is 5.75 Å². The lowest BCUT2D eigenvalue weighted by Crippen LogP contribution is -2.23. The number of hydrazone groups is 1. The summed E-state index contributed by atoms with van der Waals surface area (Å²) in [6, 6.07) is 9.98. The first-order valence-corrected chi connectivity index (χ1v) is 11.2. The second-order valence-corrected chi connectivity index (χ2v) is 8.28. The van der Waals surface area contributed by atoms with Gasteiger partial charge in [0.15, 0.2) is 0 Å². The van der Waals surface area contributed by atoms with Crippen molar-refractivity contribution in [1.29, 1.82) is 0 Å². The smallest absolute Gasteiger partial charge is 0.227 e. The molecule has 0 amide bonds. The molecule has 1 aromatic heterocycles. The van der Waals surface area contributed by atoms with Crippen molar-refractivity contribution in [3.8, 4) is 0 Å². The molecule has 2 aromatic rings. The van der Waals surface area contributed by atoms with E-state index in [2.05, 4.69) is 15.1 Å². The summed E-state index contributed by atoms with van der Waals surface area (Å²) in [6.07, 6.45) is 8.20. The summed E-state index contributed by atoms with van der Waals surface area (Å²) in [5, 5.41) is 6.21. The number of carbonyl (C=O) groups excluding carboxylic acids is 1. The van der Waals surface area contributed by atoms with Gasteiger partial charge in [0.05, 0.1) is 18.2 Å². The molecule has 0 radical (unpaired) electrons. The fourth-order valence-electron chi connectivity index (χ4n) is 3.68. The molecule has 1 saturated carbocycles. The lowest BCUT2D eigenvalue weighted by atomic mass is 10.0. The van der Waals surface area contributed by atoms with Gasteiger partial charge in [-0.2, -0.15) is 9.49 Å². The minimum absolute atomic E-state index is 0.0897. The van der Waals surface area contributed by atoms with Crippen molar-refractivity contribution in [3.63, 3.8) is 0 Å². The van der Waals surface area contributed by atoms with Gasteiger partial charge in [0.1, 0.15) is 12.0 Å². The fourth-order valence-corrected chi connectivity index (χ4v) is 4.23. The van der Waals surface area contributed by atoms with Gasteiger partial charge in [0, 0.05) is 18.4 Å². The second-order valence-electron chi connectivity index (χ2n) is 7.69. The maximum absolute atomic E-state index is 13.6. The van der Waals surface area contributed by atoms with Gasteiger partial charge in [-0.1, -0.05) is 43.2 Å². The van der Waals surface area contributed by atoms with Gasteiger partial charge in [-0.05, 0) is 43.3 Å². The predicted molar refractivity (Wildman–Crippen MR) is 117 cm³/mol. The van der Waals surface area contributed by atoms with E-state index >= 15 is 0 Å². The molecule has 0 spiro atoms. The number of halogens is 1. The lowest BCUT2D eigenvalue weighted by Gasteiger charge is -2.19. The molecule has 160 valence electrons. The Hall–Kier alpha value is -2.32. The van der Waals surface area contributed by atoms with E-state index in [1.165, 1.54) is 31.9 Å². The number of hydrogen-bond acceptors (Lipinski definition) is 7. The molecular weight excluding hydrogens is 403 g/mol. The number of nitrogens with zero attached hydrogens (tertiary/aromatic N) is 4. The highest BCUT2D eigenvalue weighted by atomic mass is 32.2. The van der Waals surface area contributed by atoms with Gasteiger partial charge in [-0.25, -0.2) is 9.97 Å². The van der Waals surface area contributed by atoms with Crippen LogP contribution >= 0.6 is 12.0 Å². The van der Waals surface area contributed by atoms with Crippen molar-refractivity contribution >= 4 is 23.5 Å². The van der Waals surface area contributed by atoms with Crippen LogP contribution in [0.2, 0.25) is 0 Å². The molecule has 2 heterocycles. The monoisotopic (exact) mass is 430 g/mol. The summed E-state index contributed by atoms with van der Waals surface area (Å²) in [5.41, 5.74) is 1.33. The normalized spacial score (nSPS) is 18.7. The van der Waals surface area contributed by atoms with Crippen molar-refractivity contribution in [1.82, 2.24) is 15.0 Å². The molecule has 1 N–H and O–H groups in total. The van der Waals surface area contributed by atoms with Crippen molar-refractivity contribution < 1.29 is 13.7 Å². The SMILES string of the molecule is CC1CC(C(=O)c2cncnc2F)=NN1Cc1ccccc1.OSCC1CCCC1. The lowest BCUT2D eigenvalue weighted by molar-refractivity contribution is 0.105.